The molecule has 0 saturated heterocycles. The minimum atomic E-state index is -0.431. The van der Waals surface area contributed by atoms with Gasteiger partial charge in [-0.25, -0.2) is 9.98 Å². The highest BCUT2D eigenvalue weighted by Crippen LogP contribution is 2.33. The van der Waals surface area contributed by atoms with Crippen molar-refractivity contribution < 1.29 is 9.66 Å². The smallest absolute Gasteiger partial charge is 0.269 e. The van der Waals surface area contributed by atoms with Crippen LogP contribution in [-0.2, 0) is 0 Å². The Morgan fingerprint density at radius 2 is 1.76 bits per heavy atom. The van der Waals surface area contributed by atoms with Crippen molar-refractivity contribution in [1.29, 1.82) is 0 Å². The molecule has 8 heteroatoms. The topological polar surface area (TPSA) is 102 Å². The number of aliphatic imine (C=N–C) groups is 2. The summed E-state index contributed by atoms with van der Waals surface area (Å²) in [4.78, 5) is 24.0. The highest BCUT2D eigenvalue weighted by molar-refractivity contribution is 6.19. The van der Waals surface area contributed by atoms with E-state index < -0.39 is 4.92 Å². The molecule has 2 heterocycles. The number of rotatable bonds is 5. The fraction of sp³-hybridized carbons (Fsp3) is 0.0952. The van der Waals surface area contributed by atoms with Crippen LogP contribution in [-0.4, -0.2) is 28.2 Å². The van der Waals surface area contributed by atoms with Crippen molar-refractivity contribution >= 4 is 28.7 Å². The van der Waals surface area contributed by atoms with Crippen molar-refractivity contribution in [2.24, 2.45) is 9.98 Å². The molecule has 4 rings (SSSR count). The first kappa shape index (κ1) is 18.3. The van der Waals surface area contributed by atoms with E-state index in [9.17, 15) is 10.1 Å². The van der Waals surface area contributed by atoms with Crippen LogP contribution in [0.2, 0.25) is 0 Å². The number of fused-ring (bicyclic) bond motifs is 1. The van der Waals surface area contributed by atoms with Crippen molar-refractivity contribution in [3.63, 3.8) is 0 Å². The van der Waals surface area contributed by atoms with Crippen molar-refractivity contribution in [3.05, 3.63) is 88.2 Å². The van der Waals surface area contributed by atoms with E-state index in [2.05, 4.69) is 10.3 Å². The first-order valence-corrected chi connectivity index (χ1v) is 9.00. The number of hydrogen-bond donors (Lipinski definition) is 1. The SMILES string of the molecule is CCOc1ccc2c(c1)NC(c1ccc([N+](=O)[O-])cc1)=NC(c1ccncc1)=N2. The Balaban J connectivity index is 1.82. The molecule has 3 aromatic rings. The normalized spacial score (nSPS) is 12.7. The summed E-state index contributed by atoms with van der Waals surface area (Å²) < 4.78 is 5.60. The molecular formula is C21H17N5O3. The van der Waals surface area contributed by atoms with Gasteiger partial charge in [0.15, 0.2) is 5.84 Å². The number of nitro groups is 1. The van der Waals surface area contributed by atoms with Gasteiger partial charge in [0.1, 0.15) is 11.6 Å². The van der Waals surface area contributed by atoms with Gasteiger partial charge in [0.25, 0.3) is 5.69 Å². The third-order valence-electron chi connectivity index (χ3n) is 4.27. The molecule has 0 bridgehead atoms. The summed E-state index contributed by atoms with van der Waals surface area (Å²) in [7, 11) is 0. The Morgan fingerprint density at radius 1 is 1.00 bits per heavy atom. The summed E-state index contributed by atoms with van der Waals surface area (Å²) >= 11 is 0. The molecule has 0 radical (unpaired) electrons. The van der Waals surface area contributed by atoms with Gasteiger partial charge in [0, 0.05) is 41.7 Å². The minimum Gasteiger partial charge on any atom is -0.494 e. The van der Waals surface area contributed by atoms with E-state index in [0.717, 1.165) is 11.3 Å². The molecule has 144 valence electrons. The lowest BCUT2D eigenvalue weighted by molar-refractivity contribution is -0.384. The summed E-state index contributed by atoms with van der Waals surface area (Å²) in [5.41, 5.74) is 2.97. The summed E-state index contributed by atoms with van der Waals surface area (Å²) in [6.07, 6.45) is 3.35. The Morgan fingerprint density at radius 3 is 2.45 bits per heavy atom. The van der Waals surface area contributed by atoms with Crippen LogP contribution in [0.4, 0.5) is 17.1 Å². The fourth-order valence-electron chi connectivity index (χ4n) is 2.88. The van der Waals surface area contributed by atoms with E-state index >= 15 is 0 Å². The van der Waals surface area contributed by atoms with E-state index in [4.69, 9.17) is 14.7 Å². The molecule has 8 nitrogen and oxygen atoms in total. The van der Waals surface area contributed by atoms with Crippen LogP contribution in [0.3, 0.4) is 0 Å². The molecule has 29 heavy (non-hydrogen) atoms. The highest BCUT2D eigenvalue weighted by atomic mass is 16.6. The first-order chi connectivity index (χ1) is 14.1. The molecule has 2 aromatic carbocycles. The Hall–Kier alpha value is -4.07. The Labute approximate surface area is 166 Å². The molecule has 1 aromatic heterocycles. The second kappa shape index (κ2) is 7.89. The maximum Gasteiger partial charge on any atom is 0.269 e. The third kappa shape index (κ3) is 3.96. The number of ether oxygens (including phenoxy) is 1. The lowest BCUT2D eigenvalue weighted by Crippen LogP contribution is -2.15. The molecule has 0 amide bonds. The molecule has 1 N–H and O–H groups in total. The zero-order valence-electron chi connectivity index (χ0n) is 15.6. The van der Waals surface area contributed by atoms with Gasteiger partial charge in [-0.1, -0.05) is 0 Å². The minimum absolute atomic E-state index is 0.0185. The molecule has 0 fully saturated rings. The van der Waals surface area contributed by atoms with Crippen LogP contribution in [0.1, 0.15) is 18.1 Å². The van der Waals surface area contributed by atoms with Gasteiger partial charge in [0.2, 0.25) is 0 Å². The third-order valence-corrected chi connectivity index (χ3v) is 4.27. The molecule has 0 spiro atoms. The number of nitrogens with zero attached hydrogens (tertiary/aromatic N) is 4. The zero-order valence-corrected chi connectivity index (χ0v) is 15.6. The van der Waals surface area contributed by atoms with Gasteiger partial charge < -0.3 is 10.1 Å². The number of anilines is 1. The van der Waals surface area contributed by atoms with E-state index in [1.165, 1.54) is 12.1 Å². The Bertz CT molecular complexity index is 1110. The van der Waals surface area contributed by atoms with Crippen molar-refractivity contribution in [2.75, 3.05) is 11.9 Å². The summed E-state index contributed by atoms with van der Waals surface area (Å²) in [5.74, 6) is 1.75. The van der Waals surface area contributed by atoms with Crippen LogP contribution in [0.5, 0.6) is 5.75 Å². The van der Waals surface area contributed by atoms with Crippen LogP contribution in [0, 0.1) is 10.1 Å². The number of amidine groups is 2. The van der Waals surface area contributed by atoms with Gasteiger partial charge in [-0.2, -0.15) is 0 Å². The van der Waals surface area contributed by atoms with Crippen LogP contribution < -0.4 is 10.1 Å². The lowest BCUT2D eigenvalue weighted by Gasteiger charge is -2.11. The van der Waals surface area contributed by atoms with Crippen LogP contribution in [0.25, 0.3) is 0 Å². The van der Waals surface area contributed by atoms with E-state index in [-0.39, 0.29) is 5.69 Å². The molecule has 0 atom stereocenters. The second-order valence-electron chi connectivity index (χ2n) is 6.17. The summed E-state index contributed by atoms with van der Waals surface area (Å²) in [6, 6.07) is 15.5. The number of nitrogens with one attached hydrogen (secondary N) is 1. The number of benzene rings is 2. The van der Waals surface area contributed by atoms with Crippen LogP contribution in [0.15, 0.2) is 77.0 Å². The molecule has 1 aliphatic rings. The average molecular weight is 387 g/mol. The lowest BCUT2D eigenvalue weighted by atomic mass is 10.1. The monoisotopic (exact) mass is 387 g/mol. The standard InChI is InChI=1S/C21H17N5O3/c1-2-29-17-7-8-18-19(13-17)24-20(14-3-5-16(6-4-14)26(27)28)25-21(23-18)15-9-11-22-12-10-15/h3-13H,2H2,1H3,(H,23,24,25). The fourth-order valence-corrected chi connectivity index (χ4v) is 2.88. The number of aromatic nitrogens is 1. The van der Waals surface area contributed by atoms with E-state index in [0.29, 0.717) is 35.3 Å². The predicted molar refractivity (Wildman–Crippen MR) is 111 cm³/mol. The second-order valence-corrected chi connectivity index (χ2v) is 6.17. The molecule has 0 unspecified atom stereocenters. The predicted octanol–water partition coefficient (Wildman–Crippen LogP) is 4.34. The van der Waals surface area contributed by atoms with Crippen molar-refractivity contribution in [1.82, 2.24) is 4.98 Å². The van der Waals surface area contributed by atoms with Gasteiger partial charge in [-0.05, 0) is 43.3 Å². The van der Waals surface area contributed by atoms with Gasteiger partial charge >= 0.3 is 0 Å². The average Bonchev–Trinajstić information content (AvgIpc) is 2.94. The number of non-ortho nitro benzene ring substituents is 1. The molecule has 0 saturated carbocycles. The number of nitro benzene ring substituents is 1. The van der Waals surface area contributed by atoms with Crippen molar-refractivity contribution in [2.45, 2.75) is 6.92 Å². The zero-order chi connectivity index (χ0) is 20.2. The van der Waals surface area contributed by atoms with Crippen LogP contribution >= 0.6 is 0 Å². The number of hydrogen-bond acceptors (Lipinski definition) is 7. The Kier molecular flexibility index (Phi) is 4.98. The van der Waals surface area contributed by atoms with Crippen molar-refractivity contribution in [3.8, 4) is 5.75 Å². The van der Waals surface area contributed by atoms with Gasteiger partial charge in [-0.15, -0.1) is 0 Å². The first-order valence-electron chi connectivity index (χ1n) is 9.00. The largest absolute Gasteiger partial charge is 0.494 e. The quantitative estimate of drug-likeness (QED) is 0.518. The maximum absolute atomic E-state index is 11.0. The molecular weight excluding hydrogens is 370 g/mol. The number of pyridine rings is 1. The van der Waals surface area contributed by atoms with Gasteiger partial charge in [-0.3, -0.25) is 15.1 Å². The maximum atomic E-state index is 11.0. The summed E-state index contributed by atoms with van der Waals surface area (Å²) in [5, 5.41) is 14.3. The highest BCUT2D eigenvalue weighted by Gasteiger charge is 2.17. The van der Waals surface area contributed by atoms with E-state index in [1.54, 1.807) is 24.5 Å². The molecule has 0 aliphatic carbocycles. The van der Waals surface area contributed by atoms with E-state index in [1.807, 2.05) is 37.3 Å². The van der Waals surface area contributed by atoms with Gasteiger partial charge in [0.05, 0.1) is 22.9 Å². The molecule has 1 aliphatic heterocycles. The summed E-state index contributed by atoms with van der Waals surface area (Å²) in [6.45, 7) is 2.47.